The van der Waals surface area contributed by atoms with Gasteiger partial charge in [-0.15, -0.1) is 0 Å². The summed E-state index contributed by atoms with van der Waals surface area (Å²) in [4.78, 5) is 23.7. The first-order chi connectivity index (χ1) is 14.5. The number of aromatic nitrogens is 1. The third kappa shape index (κ3) is 4.40. The van der Waals surface area contributed by atoms with Crippen LogP contribution in [0.5, 0.6) is 5.75 Å². The topological polar surface area (TPSA) is 95.6 Å². The van der Waals surface area contributed by atoms with Crippen LogP contribution in [-0.4, -0.2) is 30.8 Å². The van der Waals surface area contributed by atoms with Crippen molar-refractivity contribution in [3.05, 3.63) is 65.4 Å². The summed E-state index contributed by atoms with van der Waals surface area (Å²) in [6, 6.07) is 12.6. The van der Waals surface area contributed by atoms with Gasteiger partial charge in [0, 0.05) is 11.8 Å². The second kappa shape index (κ2) is 9.35. The van der Waals surface area contributed by atoms with Crippen LogP contribution < -0.4 is 15.8 Å². The molecule has 0 bridgehead atoms. The molecule has 0 saturated carbocycles. The number of carbonyl (C=O) groups excluding carboxylic acids is 2. The summed E-state index contributed by atoms with van der Waals surface area (Å²) in [5.74, 6) is -0.0214. The van der Waals surface area contributed by atoms with Crippen molar-refractivity contribution >= 4 is 22.9 Å². The molecule has 30 heavy (non-hydrogen) atoms. The van der Waals surface area contributed by atoms with Gasteiger partial charge < -0.3 is 25.1 Å². The second-order valence-corrected chi connectivity index (χ2v) is 7.08. The molecule has 0 aliphatic rings. The smallest absolute Gasteiger partial charge is 0.337 e. The molecule has 2 aromatic carbocycles. The normalized spacial score (nSPS) is 11.8. The molecule has 0 fully saturated rings. The van der Waals surface area contributed by atoms with E-state index < -0.39 is 18.2 Å². The van der Waals surface area contributed by atoms with Gasteiger partial charge in [0.2, 0.25) is 0 Å². The largest absolute Gasteiger partial charge is 0.496 e. The Kier molecular flexibility index (Phi) is 6.61. The van der Waals surface area contributed by atoms with Gasteiger partial charge >= 0.3 is 12.0 Å². The van der Waals surface area contributed by atoms with Crippen LogP contribution in [-0.2, 0) is 11.2 Å². The molecule has 0 aliphatic heterocycles. The third-order valence-electron chi connectivity index (χ3n) is 5.11. The summed E-state index contributed by atoms with van der Waals surface area (Å²) in [6.45, 7) is 2.16. The average molecular weight is 409 g/mol. The van der Waals surface area contributed by atoms with Gasteiger partial charge in [-0.2, -0.15) is 0 Å². The van der Waals surface area contributed by atoms with E-state index in [1.807, 2.05) is 16.8 Å². The minimum Gasteiger partial charge on any atom is -0.496 e. The predicted octanol–water partition coefficient (Wildman–Crippen LogP) is 3.99. The van der Waals surface area contributed by atoms with Crippen molar-refractivity contribution in [2.45, 2.75) is 32.4 Å². The number of esters is 1. The van der Waals surface area contributed by atoms with Crippen molar-refractivity contribution in [1.29, 1.82) is 0 Å². The van der Waals surface area contributed by atoms with Crippen LogP contribution in [0.1, 0.15) is 47.4 Å². The number of nitrogens with two attached hydrogens (primary N) is 1. The Bertz CT molecular complexity index is 1060. The van der Waals surface area contributed by atoms with E-state index in [4.69, 9.17) is 15.2 Å². The van der Waals surface area contributed by atoms with Crippen molar-refractivity contribution in [2.24, 2.45) is 5.73 Å². The van der Waals surface area contributed by atoms with Crippen LogP contribution in [0, 0.1) is 0 Å². The molecule has 0 radical (unpaired) electrons. The summed E-state index contributed by atoms with van der Waals surface area (Å²) >= 11 is 0. The van der Waals surface area contributed by atoms with E-state index in [-0.39, 0.29) is 0 Å². The molecule has 0 aliphatic carbocycles. The molecule has 2 amide bonds. The SMILES string of the molecule is CCCCc1ccc2ccn(C(NC(N)=O)c3ccc(C(=O)OC)cc3OC)c2c1. The number of nitrogens with zero attached hydrogens (tertiary/aromatic N) is 1. The van der Waals surface area contributed by atoms with Crippen LogP contribution in [0.2, 0.25) is 0 Å². The number of methoxy groups -OCH3 is 2. The zero-order valence-corrected chi connectivity index (χ0v) is 17.5. The fourth-order valence-corrected chi connectivity index (χ4v) is 3.57. The van der Waals surface area contributed by atoms with Gasteiger partial charge in [-0.1, -0.05) is 31.5 Å². The lowest BCUT2D eigenvalue weighted by Crippen LogP contribution is -2.37. The van der Waals surface area contributed by atoms with E-state index in [1.54, 1.807) is 18.2 Å². The number of aryl methyl sites for hydroxylation is 1. The van der Waals surface area contributed by atoms with Gasteiger partial charge in [0.05, 0.1) is 25.3 Å². The molecule has 3 N–H and O–H groups in total. The summed E-state index contributed by atoms with van der Waals surface area (Å²) in [7, 11) is 2.83. The van der Waals surface area contributed by atoms with Gasteiger partial charge in [0.25, 0.3) is 0 Å². The zero-order valence-electron chi connectivity index (χ0n) is 17.5. The molecular weight excluding hydrogens is 382 g/mol. The highest BCUT2D eigenvalue weighted by Gasteiger charge is 2.22. The Hall–Kier alpha value is -3.48. The summed E-state index contributed by atoms with van der Waals surface area (Å²) in [5.41, 5.74) is 8.72. The maximum absolute atomic E-state index is 11.9. The Morgan fingerprint density at radius 2 is 1.93 bits per heavy atom. The minimum atomic E-state index is -0.664. The maximum Gasteiger partial charge on any atom is 0.337 e. The van der Waals surface area contributed by atoms with Crippen LogP contribution in [0.15, 0.2) is 48.7 Å². The molecule has 1 heterocycles. The Balaban J connectivity index is 2.11. The van der Waals surface area contributed by atoms with Crippen molar-refractivity contribution in [2.75, 3.05) is 14.2 Å². The average Bonchev–Trinajstić information content (AvgIpc) is 3.18. The monoisotopic (exact) mass is 409 g/mol. The lowest BCUT2D eigenvalue weighted by atomic mass is 10.1. The first-order valence-electron chi connectivity index (χ1n) is 9.90. The number of ether oxygens (including phenoxy) is 2. The molecule has 7 nitrogen and oxygen atoms in total. The number of unbranched alkanes of at least 4 members (excludes halogenated alkanes) is 1. The minimum absolute atomic E-state index is 0.357. The highest BCUT2D eigenvalue weighted by molar-refractivity contribution is 5.90. The first kappa shape index (κ1) is 21.2. The Morgan fingerprint density at radius 3 is 2.60 bits per heavy atom. The third-order valence-corrected chi connectivity index (χ3v) is 5.11. The lowest BCUT2D eigenvalue weighted by Gasteiger charge is -2.23. The number of benzene rings is 2. The quantitative estimate of drug-likeness (QED) is 0.550. The van der Waals surface area contributed by atoms with Gasteiger partial charge in [-0.25, -0.2) is 9.59 Å². The number of fused-ring (bicyclic) bond motifs is 1. The molecule has 7 heteroatoms. The molecule has 1 unspecified atom stereocenters. The number of nitrogens with one attached hydrogen (secondary N) is 1. The van der Waals surface area contributed by atoms with Crippen molar-refractivity contribution < 1.29 is 19.1 Å². The van der Waals surface area contributed by atoms with Gasteiger partial charge in [-0.05, 0) is 48.1 Å². The van der Waals surface area contributed by atoms with Crippen LogP contribution in [0.4, 0.5) is 4.79 Å². The fourth-order valence-electron chi connectivity index (χ4n) is 3.57. The zero-order chi connectivity index (χ0) is 21.7. The highest BCUT2D eigenvalue weighted by Crippen LogP contribution is 2.31. The molecule has 1 aromatic heterocycles. The van der Waals surface area contributed by atoms with Gasteiger partial charge in [0.15, 0.2) is 0 Å². The summed E-state index contributed by atoms with van der Waals surface area (Å²) in [5, 5.41) is 3.85. The van der Waals surface area contributed by atoms with Gasteiger partial charge in [0.1, 0.15) is 11.9 Å². The summed E-state index contributed by atoms with van der Waals surface area (Å²) < 4.78 is 12.3. The molecule has 3 rings (SSSR count). The number of amides is 2. The number of rotatable bonds is 8. The number of primary amides is 1. The Labute approximate surface area is 175 Å². The van der Waals surface area contributed by atoms with Crippen LogP contribution >= 0.6 is 0 Å². The lowest BCUT2D eigenvalue weighted by molar-refractivity contribution is 0.0600. The van der Waals surface area contributed by atoms with Crippen molar-refractivity contribution in [3.8, 4) is 5.75 Å². The van der Waals surface area contributed by atoms with E-state index in [2.05, 4.69) is 30.4 Å². The molecule has 3 aromatic rings. The number of carbonyl (C=O) groups is 2. The van der Waals surface area contributed by atoms with E-state index in [9.17, 15) is 9.59 Å². The van der Waals surface area contributed by atoms with Crippen LogP contribution in [0.25, 0.3) is 10.9 Å². The van der Waals surface area contributed by atoms with Crippen molar-refractivity contribution in [1.82, 2.24) is 9.88 Å². The molecule has 158 valence electrons. The first-order valence-corrected chi connectivity index (χ1v) is 9.90. The van der Waals surface area contributed by atoms with E-state index in [0.29, 0.717) is 16.9 Å². The number of hydrogen-bond acceptors (Lipinski definition) is 4. The fraction of sp³-hybridized carbons (Fsp3) is 0.304. The Morgan fingerprint density at radius 1 is 1.13 bits per heavy atom. The van der Waals surface area contributed by atoms with Gasteiger partial charge in [-0.3, -0.25) is 0 Å². The van der Waals surface area contributed by atoms with E-state index >= 15 is 0 Å². The molecular formula is C23H27N3O4. The maximum atomic E-state index is 11.9. The number of hydrogen-bond donors (Lipinski definition) is 2. The summed E-state index contributed by atoms with van der Waals surface area (Å²) in [6.07, 6.45) is 4.51. The second-order valence-electron chi connectivity index (χ2n) is 7.08. The molecule has 1 atom stereocenters. The highest BCUT2D eigenvalue weighted by atomic mass is 16.5. The van der Waals surface area contributed by atoms with Crippen LogP contribution in [0.3, 0.4) is 0 Å². The van der Waals surface area contributed by atoms with Crippen molar-refractivity contribution in [3.63, 3.8) is 0 Å². The van der Waals surface area contributed by atoms with E-state index in [0.717, 1.165) is 30.2 Å². The molecule has 0 spiro atoms. The predicted molar refractivity (Wildman–Crippen MR) is 116 cm³/mol. The standard InChI is InChI=1S/C23H27N3O4/c1-4-5-6-15-7-8-16-11-12-26(19(16)13-15)21(25-23(24)28)18-10-9-17(22(27)30-3)14-20(18)29-2/h7-14,21H,4-6H2,1-3H3,(H3,24,25,28). The molecule has 0 saturated heterocycles. The van der Waals surface area contributed by atoms with E-state index in [1.165, 1.54) is 19.8 Å². The number of urea groups is 1.